The summed E-state index contributed by atoms with van der Waals surface area (Å²) in [5.74, 6) is 0.0467. The second-order valence-corrected chi connectivity index (χ2v) is 8.31. The first kappa shape index (κ1) is 21.7. The largest absolute Gasteiger partial charge is 0.338 e. The quantitative estimate of drug-likeness (QED) is 0.835. The molecule has 0 aliphatic carbocycles. The van der Waals surface area contributed by atoms with Gasteiger partial charge in [-0.25, -0.2) is 0 Å². The number of aryl methyl sites for hydroxylation is 1. The molecule has 1 amide bonds. The molecule has 0 spiro atoms. The summed E-state index contributed by atoms with van der Waals surface area (Å²) in [5, 5.41) is 5.31. The molecule has 5 nitrogen and oxygen atoms in total. The first-order valence-electron chi connectivity index (χ1n) is 9.03. The number of piperidine rings is 1. The first-order chi connectivity index (χ1) is 12.2. The third-order valence-corrected chi connectivity index (χ3v) is 5.84. The summed E-state index contributed by atoms with van der Waals surface area (Å²) in [7, 11) is 0. The summed E-state index contributed by atoms with van der Waals surface area (Å²) in [6.45, 7) is 10.00. The van der Waals surface area contributed by atoms with Crippen molar-refractivity contribution in [3.05, 3.63) is 51.8 Å². The Morgan fingerprint density at radius 3 is 2.63 bits per heavy atom. The number of halogens is 2. The first-order valence-corrected chi connectivity index (χ1v) is 9.41. The van der Waals surface area contributed by atoms with Crippen molar-refractivity contribution < 1.29 is 4.79 Å². The fourth-order valence-electron chi connectivity index (χ4n) is 3.65. The van der Waals surface area contributed by atoms with Crippen LogP contribution in [-0.2, 0) is 6.54 Å². The van der Waals surface area contributed by atoms with Crippen LogP contribution in [0, 0.1) is 19.3 Å². The average molecular weight is 411 g/mol. The minimum atomic E-state index is -0.0801. The van der Waals surface area contributed by atoms with E-state index in [1.807, 2.05) is 47.7 Å². The molecule has 1 aliphatic heterocycles. The van der Waals surface area contributed by atoms with Crippen LogP contribution >= 0.6 is 24.0 Å². The van der Waals surface area contributed by atoms with Gasteiger partial charge in [0, 0.05) is 29.8 Å². The van der Waals surface area contributed by atoms with Gasteiger partial charge in [0.05, 0.1) is 17.8 Å². The monoisotopic (exact) mass is 410 g/mol. The van der Waals surface area contributed by atoms with Gasteiger partial charge in [-0.2, -0.15) is 5.10 Å². The second-order valence-electron chi connectivity index (χ2n) is 7.91. The smallest absolute Gasteiger partial charge is 0.257 e. The molecule has 148 valence electrons. The van der Waals surface area contributed by atoms with E-state index < -0.39 is 0 Å². The number of nitrogens with zero attached hydrogens (tertiary/aromatic N) is 3. The maximum atomic E-state index is 13.2. The Morgan fingerprint density at radius 2 is 2.00 bits per heavy atom. The number of carbonyl (C=O) groups excluding carboxylic acids is 1. The van der Waals surface area contributed by atoms with Crippen LogP contribution in [0.1, 0.15) is 47.6 Å². The molecule has 0 radical (unpaired) electrons. The van der Waals surface area contributed by atoms with E-state index >= 15 is 0 Å². The van der Waals surface area contributed by atoms with Gasteiger partial charge in [0.1, 0.15) is 0 Å². The standard InChI is InChI=1S/C20H27ClN4O.ClH/c1-13-18(19(26)24-10-9-17(22)20(3,4)12-24)14(2)25(23-13)11-15-7-5-6-8-16(15)21;/h5-8,17H,9-12,22H2,1-4H3;1H. The number of amides is 1. The van der Waals surface area contributed by atoms with Gasteiger partial charge in [0.2, 0.25) is 0 Å². The fourth-order valence-corrected chi connectivity index (χ4v) is 3.85. The van der Waals surface area contributed by atoms with E-state index in [0.29, 0.717) is 30.2 Å². The van der Waals surface area contributed by atoms with Crippen molar-refractivity contribution in [3.8, 4) is 0 Å². The van der Waals surface area contributed by atoms with Crippen molar-refractivity contribution in [3.63, 3.8) is 0 Å². The van der Waals surface area contributed by atoms with Crippen LogP contribution in [-0.4, -0.2) is 39.7 Å². The molecule has 1 fully saturated rings. The van der Waals surface area contributed by atoms with Crippen LogP contribution in [0.5, 0.6) is 0 Å². The highest BCUT2D eigenvalue weighted by atomic mass is 35.5. The third-order valence-electron chi connectivity index (χ3n) is 5.47. The molecule has 1 atom stereocenters. The van der Waals surface area contributed by atoms with Crippen molar-refractivity contribution in [2.24, 2.45) is 11.1 Å². The lowest BCUT2D eigenvalue weighted by Crippen LogP contribution is -2.54. The summed E-state index contributed by atoms with van der Waals surface area (Å²) in [6.07, 6.45) is 0.824. The lowest BCUT2D eigenvalue weighted by molar-refractivity contribution is 0.0531. The van der Waals surface area contributed by atoms with E-state index in [0.717, 1.165) is 23.4 Å². The molecule has 2 N–H and O–H groups in total. The molecule has 3 rings (SSSR count). The van der Waals surface area contributed by atoms with Crippen molar-refractivity contribution in [1.29, 1.82) is 0 Å². The number of benzene rings is 1. The zero-order chi connectivity index (χ0) is 19.1. The summed E-state index contributed by atoms with van der Waals surface area (Å²) in [6, 6.07) is 7.84. The Hall–Kier alpha value is -1.56. The lowest BCUT2D eigenvalue weighted by Gasteiger charge is -2.42. The van der Waals surface area contributed by atoms with Crippen LogP contribution in [0.2, 0.25) is 5.02 Å². The minimum Gasteiger partial charge on any atom is -0.338 e. The van der Waals surface area contributed by atoms with Gasteiger partial charge < -0.3 is 10.6 Å². The van der Waals surface area contributed by atoms with Crippen LogP contribution in [0.3, 0.4) is 0 Å². The van der Waals surface area contributed by atoms with Gasteiger partial charge in [-0.3, -0.25) is 9.48 Å². The predicted octanol–water partition coefficient (Wildman–Crippen LogP) is 3.82. The summed E-state index contributed by atoms with van der Waals surface area (Å²) < 4.78 is 1.87. The summed E-state index contributed by atoms with van der Waals surface area (Å²) in [5.41, 5.74) is 9.45. The normalized spacial score (nSPS) is 18.9. The molecular formula is C20H28Cl2N4O. The number of carbonyl (C=O) groups is 1. The van der Waals surface area contributed by atoms with Crippen molar-refractivity contribution in [1.82, 2.24) is 14.7 Å². The van der Waals surface area contributed by atoms with Crippen LogP contribution in [0.4, 0.5) is 0 Å². The van der Waals surface area contributed by atoms with Crippen molar-refractivity contribution >= 4 is 29.9 Å². The molecule has 1 aliphatic rings. The van der Waals surface area contributed by atoms with Gasteiger partial charge in [0.15, 0.2) is 0 Å². The van der Waals surface area contributed by atoms with Gasteiger partial charge in [-0.15, -0.1) is 12.4 Å². The zero-order valence-corrected chi connectivity index (χ0v) is 17.9. The Morgan fingerprint density at radius 1 is 1.33 bits per heavy atom. The van der Waals surface area contributed by atoms with Crippen LogP contribution in [0.15, 0.2) is 24.3 Å². The summed E-state index contributed by atoms with van der Waals surface area (Å²) >= 11 is 6.27. The number of nitrogens with two attached hydrogens (primary N) is 1. The van der Waals surface area contributed by atoms with Gasteiger partial charge in [-0.05, 0) is 37.3 Å². The number of hydrogen-bond donors (Lipinski definition) is 1. The van der Waals surface area contributed by atoms with Crippen LogP contribution in [0.25, 0.3) is 0 Å². The highest BCUT2D eigenvalue weighted by Gasteiger charge is 2.36. The molecule has 0 saturated carbocycles. The topological polar surface area (TPSA) is 64.2 Å². The van der Waals surface area contributed by atoms with E-state index in [9.17, 15) is 4.79 Å². The molecule has 0 bridgehead atoms. The molecule has 2 heterocycles. The van der Waals surface area contributed by atoms with Crippen molar-refractivity contribution in [2.45, 2.75) is 46.7 Å². The molecule has 2 aromatic rings. The van der Waals surface area contributed by atoms with Crippen molar-refractivity contribution in [2.75, 3.05) is 13.1 Å². The molecular weight excluding hydrogens is 383 g/mol. The number of rotatable bonds is 3. The Balaban J connectivity index is 0.00000261. The highest BCUT2D eigenvalue weighted by Crippen LogP contribution is 2.29. The maximum Gasteiger partial charge on any atom is 0.257 e. The molecule has 27 heavy (non-hydrogen) atoms. The lowest BCUT2D eigenvalue weighted by atomic mass is 9.79. The number of aromatic nitrogens is 2. The predicted molar refractivity (Wildman–Crippen MR) is 112 cm³/mol. The van der Waals surface area contributed by atoms with Gasteiger partial charge in [-0.1, -0.05) is 43.6 Å². The third kappa shape index (κ3) is 4.31. The SMILES string of the molecule is Cc1nn(Cc2ccccc2Cl)c(C)c1C(=O)N1CCC(N)C(C)(C)C1.Cl. The maximum absolute atomic E-state index is 13.2. The highest BCUT2D eigenvalue weighted by molar-refractivity contribution is 6.31. The molecule has 1 aromatic heterocycles. The van der Waals surface area contributed by atoms with Gasteiger partial charge in [0.25, 0.3) is 5.91 Å². The van der Waals surface area contributed by atoms with Gasteiger partial charge >= 0.3 is 0 Å². The minimum absolute atomic E-state index is 0. The average Bonchev–Trinajstić information content (AvgIpc) is 2.85. The number of hydrogen-bond acceptors (Lipinski definition) is 3. The second kappa shape index (κ2) is 8.21. The number of likely N-dealkylation sites (tertiary alicyclic amines) is 1. The Kier molecular flexibility index (Phi) is 6.61. The summed E-state index contributed by atoms with van der Waals surface area (Å²) in [4.78, 5) is 15.1. The molecule has 1 unspecified atom stereocenters. The molecule has 1 saturated heterocycles. The Bertz CT molecular complexity index is 831. The Labute approximate surface area is 172 Å². The fraction of sp³-hybridized carbons (Fsp3) is 0.500. The zero-order valence-electron chi connectivity index (χ0n) is 16.3. The van der Waals surface area contributed by atoms with E-state index in [1.165, 1.54) is 0 Å². The van der Waals surface area contributed by atoms with E-state index in [2.05, 4.69) is 18.9 Å². The van der Waals surface area contributed by atoms with E-state index in [1.54, 1.807) is 0 Å². The van der Waals surface area contributed by atoms with E-state index in [4.69, 9.17) is 17.3 Å². The van der Waals surface area contributed by atoms with E-state index in [-0.39, 0.29) is 29.8 Å². The van der Waals surface area contributed by atoms with Crippen LogP contribution < -0.4 is 5.73 Å². The molecule has 7 heteroatoms. The molecule has 1 aromatic carbocycles.